The van der Waals surface area contributed by atoms with E-state index < -0.39 is 15.9 Å². The van der Waals surface area contributed by atoms with Gasteiger partial charge in [0.2, 0.25) is 5.09 Å². The molecule has 0 saturated carbocycles. The summed E-state index contributed by atoms with van der Waals surface area (Å²) >= 11 is 0. The molecule has 1 aliphatic rings. The Morgan fingerprint density at radius 3 is 2.38 bits per heavy atom. The number of amides is 1. The van der Waals surface area contributed by atoms with Crippen LogP contribution in [0.3, 0.4) is 0 Å². The molecule has 3 rings (SSSR count). The number of piperazine rings is 1. The van der Waals surface area contributed by atoms with Gasteiger partial charge in [-0.1, -0.05) is 12.1 Å². The van der Waals surface area contributed by atoms with E-state index in [0.717, 1.165) is 5.56 Å². The number of benzene rings is 1. The molecule has 26 heavy (non-hydrogen) atoms. The molecule has 1 saturated heterocycles. The number of sulfonamides is 1. The SMILES string of the molecule is Cl.NC(=O)c1ccc(S(=O)(=O)N2CCN(Cc3cccc(N)c3)CC2)o1. The minimum atomic E-state index is -3.77. The molecule has 0 bridgehead atoms. The van der Waals surface area contributed by atoms with Gasteiger partial charge in [-0.15, -0.1) is 12.4 Å². The van der Waals surface area contributed by atoms with Crippen molar-refractivity contribution in [3.05, 3.63) is 47.7 Å². The van der Waals surface area contributed by atoms with Crippen molar-refractivity contribution in [1.29, 1.82) is 0 Å². The standard InChI is InChI=1S/C16H20N4O4S.ClH/c17-13-3-1-2-12(10-13)11-19-6-8-20(9-7-19)25(22,23)15-5-4-14(24-15)16(18)21;/h1-5,10H,6-9,11,17H2,(H2,18,21);1H. The molecule has 0 unspecified atom stereocenters. The molecule has 0 spiro atoms. The molecule has 8 nitrogen and oxygen atoms in total. The van der Waals surface area contributed by atoms with E-state index in [2.05, 4.69) is 4.90 Å². The molecule has 2 aromatic rings. The molecule has 0 atom stereocenters. The number of primary amides is 1. The second-order valence-corrected chi connectivity index (χ2v) is 7.78. The lowest BCUT2D eigenvalue weighted by Gasteiger charge is -2.33. The largest absolute Gasteiger partial charge is 0.438 e. The summed E-state index contributed by atoms with van der Waals surface area (Å²) < 4.78 is 31.6. The lowest BCUT2D eigenvalue weighted by atomic mass is 10.2. The molecule has 1 aromatic carbocycles. The number of hydrogen-bond acceptors (Lipinski definition) is 6. The van der Waals surface area contributed by atoms with E-state index in [9.17, 15) is 13.2 Å². The van der Waals surface area contributed by atoms with Crippen molar-refractivity contribution < 1.29 is 17.6 Å². The number of rotatable bonds is 5. The minimum absolute atomic E-state index is 0. The van der Waals surface area contributed by atoms with Crippen LogP contribution >= 0.6 is 12.4 Å². The molecule has 2 heterocycles. The first-order valence-electron chi connectivity index (χ1n) is 7.83. The second kappa shape index (κ2) is 8.09. The van der Waals surface area contributed by atoms with Gasteiger partial charge in [-0.25, -0.2) is 8.42 Å². The lowest BCUT2D eigenvalue weighted by Crippen LogP contribution is -2.48. The van der Waals surface area contributed by atoms with Crippen molar-refractivity contribution >= 4 is 34.0 Å². The van der Waals surface area contributed by atoms with Crippen molar-refractivity contribution in [2.75, 3.05) is 31.9 Å². The van der Waals surface area contributed by atoms with Gasteiger partial charge in [-0.05, 0) is 29.8 Å². The first-order chi connectivity index (χ1) is 11.9. The average molecular weight is 401 g/mol. The number of nitrogen functional groups attached to an aromatic ring is 1. The lowest BCUT2D eigenvalue weighted by molar-refractivity contribution is 0.0968. The Hall–Kier alpha value is -2.07. The van der Waals surface area contributed by atoms with E-state index in [-0.39, 0.29) is 23.3 Å². The van der Waals surface area contributed by atoms with Gasteiger partial charge in [0, 0.05) is 38.4 Å². The third-order valence-electron chi connectivity index (χ3n) is 4.11. The Labute approximate surface area is 158 Å². The van der Waals surface area contributed by atoms with Gasteiger partial charge in [0.05, 0.1) is 0 Å². The fourth-order valence-corrected chi connectivity index (χ4v) is 4.13. The number of hydrogen-bond donors (Lipinski definition) is 2. The highest BCUT2D eigenvalue weighted by molar-refractivity contribution is 7.89. The highest BCUT2D eigenvalue weighted by atomic mass is 35.5. The highest BCUT2D eigenvalue weighted by Gasteiger charge is 2.31. The third kappa shape index (κ3) is 4.36. The maximum Gasteiger partial charge on any atom is 0.284 e. The number of carbonyl (C=O) groups is 1. The summed E-state index contributed by atoms with van der Waals surface area (Å²) in [5.41, 5.74) is 12.7. The molecule has 142 valence electrons. The van der Waals surface area contributed by atoms with Crippen LogP contribution in [0.1, 0.15) is 16.1 Å². The van der Waals surface area contributed by atoms with E-state index in [1.807, 2.05) is 24.3 Å². The number of furan rings is 1. The Morgan fingerprint density at radius 2 is 1.81 bits per heavy atom. The molecule has 1 aromatic heterocycles. The zero-order valence-electron chi connectivity index (χ0n) is 14.0. The van der Waals surface area contributed by atoms with E-state index in [1.54, 1.807) is 0 Å². The molecule has 0 radical (unpaired) electrons. The predicted molar refractivity (Wildman–Crippen MR) is 99.4 cm³/mol. The first-order valence-corrected chi connectivity index (χ1v) is 9.27. The summed E-state index contributed by atoms with van der Waals surface area (Å²) in [4.78, 5) is 13.2. The predicted octanol–water partition coefficient (Wildman–Crippen LogP) is 0.889. The fourth-order valence-electron chi connectivity index (χ4n) is 2.80. The van der Waals surface area contributed by atoms with Crippen molar-refractivity contribution in [1.82, 2.24) is 9.21 Å². The fraction of sp³-hybridized carbons (Fsp3) is 0.312. The van der Waals surface area contributed by atoms with Gasteiger partial charge in [0.1, 0.15) is 0 Å². The Bertz CT molecular complexity index is 876. The second-order valence-electron chi connectivity index (χ2n) is 5.91. The van der Waals surface area contributed by atoms with Crippen LogP contribution in [-0.4, -0.2) is 49.7 Å². The van der Waals surface area contributed by atoms with Crippen LogP contribution in [-0.2, 0) is 16.6 Å². The van der Waals surface area contributed by atoms with E-state index in [1.165, 1.54) is 16.4 Å². The minimum Gasteiger partial charge on any atom is -0.438 e. The Balaban J connectivity index is 0.00000243. The van der Waals surface area contributed by atoms with Gasteiger partial charge < -0.3 is 15.9 Å². The van der Waals surface area contributed by atoms with Crippen molar-refractivity contribution in [2.24, 2.45) is 5.73 Å². The van der Waals surface area contributed by atoms with Crippen molar-refractivity contribution in [3.8, 4) is 0 Å². The molecular formula is C16H21ClN4O4S. The summed E-state index contributed by atoms with van der Waals surface area (Å²) in [5.74, 6) is -0.965. The summed E-state index contributed by atoms with van der Waals surface area (Å²) in [6.45, 7) is 2.59. The van der Waals surface area contributed by atoms with Crippen LogP contribution in [0.4, 0.5) is 5.69 Å². The van der Waals surface area contributed by atoms with Crippen LogP contribution in [0.25, 0.3) is 0 Å². The smallest absolute Gasteiger partial charge is 0.284 e. The van der Waals surface area contributed by atoms with Crippen LogP contribution in [0.5, 0.6) is 0 Å². The Kier molecular flexibility index (Phi) is 6.30. The van der Waals surface area contributed by atoms with Gasteiger partial charge in [0.15, 0.2) is 5.76 Å². The molecule has 1 aliphatic heterocycles. The topological polar surface area (TPSA) is 123 Å². The van der Waals surface area contributed by atoms with Crippen LogP contribution < -0.4 is 11.5 Å². The van der Waals surface area contributed by atoms with E-state index in [0.29, 0.717) is 38.4 Å². The van der Waals surface area contributed by atoms with Crippen molar-refractivity contribution in [2.45, 2.75) is 11.6 Å². The number of halogens is 1. The number of carbonyl (C=O) groups excluding carboxylic acids is 1. The van der Waals surface area contributed by atoms with Gasteiger partial charge in [-0.2, -0.15) is 4.31 Å². The highest BCUT2D eigenvalue weighted by Crippen LogP contribution is 2.21. The summed E-state index contributed by atoms with van der Waals surface area (Å²) in [6.07, 6.45) is 0. The molecule has 0 aliphatic carbocycles. The normalized spacial score (nSPS) is 16.2. The van der Waals surface area contributed by atoms with Gasteiger partial charge in [-0.3, -0.25) is 9.69 Å². The van der Waals surface area contributed by atoms with Crippen LogP contribution in [0.2, 0.25) is 0 Å². The average Bonchev–Trinajstić information content (AvgIpc) is 3.06. The van der Waals surface area contributed by atoms with Crippen molar-refractivity contribution in [3.63, 3.8) is 0 Å². The molecule has 1 amide bonds. The molecule has 10 heteroatoms. The first kappa shape index (κ1) is 20.2. The quantitative estimate of drug-likeness (QED) is 0.718. The third-order valence-corrected chi connectivity index (χ3v) is 5.88. The monoisotopic (exact) mass is 400 g/mol. The molecular weight excluding hydrogens is 380 g/mol. The number of nitrogens with zero attached hydrogens (tertiary/aromatic N) is 2. The van der Waals surface area contributed by atoms with E-state index >= 15 is 0 Å². The summed E-state index contributed by atoms with van der Waals surface area (Å²) in [7, 11) is -3.77. The maximum atomic E-state index is 12.6. The molecule has 4 N–H and O–H groups in total. The number of nitrogens with two attached hydrogens (primary N) is 2. The summed E-state index contributed by atoms with van der Waals surface area (Å²) in [5, 5.41) is -0.259. The van der Waals surface area contributed by atoms with E-state index in [4.69, 9.17) is 15.9 Å². The maximum absolute atomic E-state index is 12.6. The zero-order chi connectivity index (χ0) is 18.0. The van der Waals surface area contributed by atoms with Gasteiger partial charge >= 0.3 is 0 Å². The van der Waals surface area contributed by atoms with Gasteiger partial charge in [0.25, 0.3) is 15.9 Å². The van der Waals surface area contributed by atoms with Crippen LogP contribution in [0.15, 0.2) is 45.9 Å². The Morgan fingerprint density at radius 1 is 1.12 bits per heavy atom. The van der Waals surface area contributed by atoms with Crippen LogP contribution in [0, 0.1) is 0 Å². The molecule has 1 fully saturated rings. The zero-order valence-corrected chi connectivity index (χ0v) is 15.6. The number of anilines is 1. The summed E-state index contributed by atoms with van der Waals surface area (Å²) in [6, 6.07) is 10.2.